The van der Waals surface area contributed by atoms with Crippen LogP contribution in [0.25, 0.3) is 0 Å². The maximum atomic E-state index is 11.4. The molecule has 0 unspecified atom stereocenters. The third kappa shape index (κ3) is 2.76. The Balaban J connectivity index is 3.46. The lowest BCUT2D eigenvalue weighted by Crippen LogP contribution is -2.06. The minimum Gasteiger partial charge on any atom is -0.293 e. The van der Waals surface area contributed by atoms with Gasteiger partial charge in [-0.1, -0.05) is 15.9 Å². The normalized spacial score (nSPS) is 10.1. The lowest BCUT2D eigenvalue weighted by atomic mass is 10.1. The number of nitro benzene ring substituents is 1. The zero-order valence-electron chi connectivity index (χ0n) is 7.17. The molecule has 0 saturated carbocycles. The van der Waals surface area contributed by atoms with Gasteiger partial charge in [0.15, 0.2) is 5.78 Å². The highest BCUT2D eigenvalue weighted by Gasteiger charge is 2.24. The van der Waals surface area contributed by atoms with E-state index in [2.05, 4.69) is 31.9 Å². The molecule has 1 rings (SSSR count). The number of alkyl halides is 1. The number of hydrogen-bond acceptors (Lipinski definition) is 3. The van der Waals surface area contributed by atoms with E-state index in [-0.39, 0.29) is 22.4 Å². The molecule has 0 N–H and O–H groups in total. The predicted molar refractivity (Wildman–Crippen MR) is 71.6 cm³/mol. The summed E-state index contributed by atoms with van der Waals surface area (Å²) in [6, 6.07) is 3.08. The summed E-state index contributed by atoms with van der Waals surface area (Å²) in [6.45, 7) is 0. The first-order chi connectivity index (χ1) is 6.99. The van der Waals surface area contributed by atoms with Crippen LogP contribution < -0.4 is 0 Å². The van der Waals surface area contributed by atoms with E-state index in [0.717, 1.165) is 0 Å². The van der Waals surface area contributed by atoms with Gasteiger partial charge in [0, 0.05) is 4.47 Å². The molecule has 1 aromatic carbocycles. The number of nitrogens with zero attached hydrogens (tertiary/aromatic N) is 1. The van der Waals surface area contributed by atoms with Gasteiger partial charge in [-0.2, -0.15) is 0 Å². The van der Waals surface area contributed by atoms with E-state index in [9.17, 15) is 14.9 Å². The van der Waals surface area contributed by atoms with Crippen LogP contribution in [0.15, 0.2) is 16.6 Å². The second-order valence-electron chi connectivity index (χ2n) is 2.57. The SMILES string of the molecule is O=C(CBr)c1ccc(Br)c(I)c1[N+](=O)[O-]. The largest absolute Gasteiger partial charge is 0.294 e. The zero-order valence-corrected chi connectivity index (χ0v) is 12.5. The van der Waals surface area contributed by atoms with Crippen molar-refractivity contribution in [3.63, 3.8) is 0 Å². The summed E-state index contributed by atoms with van der Waals surface area (Å²) in [4.78, 5) is 21.7. The van der Waals surface area contributed by atoms with Gasteiger partial charge in [-0.3, -0.25) is 14.9 Å². The minimum atomic E-state index is -0.539. The van der Waals surface area contributed by atoms with Crippen LogP contribution in [0.4, 0.5) is 5.69 Å². The molecule has 15 heavy (non-hydrogen) atoms. The summed E-state index contributed by atoms with van der Waals surface area (Å²) in [5.74, 6) is -0.299. The van der Waals surface area contributed by atoms with Crippen LogP contribution in [0.2, 0.25) is 0 Å². The molecule has 0 bridgehead atoms. The van der Waals surface area contributed by atoms with Gasteiger partial charge in [0.2, 0.25) is 0 Å². The number of rotatable bonds is 3. The zero-order chi connectivity index (χ0) is 11.6. The third-order valence-electron chi connectivity index (χ3n) is 1.67. The average Bonchev–Trinajstić information content (AvgIpc) is 2.20. The molecule has 0 heterocycles. The number of benzene rings is 1. The highest BCUT2D eigenvalue weighted by molar-refractivity contribution is 14.1. The average molecular weight is 449 g/mol. The summed E-state index contributed by atoms with van der Waals surface area (Å²) < 4.78 is 1.05. The molecule has 0 amide bonds. The summed E-state index contributed by atoms with van der Waals surface area (Å²) in [5.41, 5.74) is -0.0149. The van der Waals surface area contributed by atoms with Gasteiger partial charge in [-0.05, 0) is 50.7 Å². The van der Waals surface area contributed by atoms with E-state index in [4.69, 9.17) is 0 Å². The molecule has 0 radical (unpaired) electrons. The minimum absolute atomic E-state index is 0.0750. The number of nitro groups is 1. The number of carbonyl (C=O) groups excluding carboxylic acids is 1. The van der Waals surface area contributed by atoms with Gasteiger partial charge < -0.3 is 0 Å². The molecule has 0 aliphatic heterocycles. The number of carbonyl (C=O) groups is 1. The predicted octanol–water partition coefficient (Wildman–Crippen LogP) is 3.54. The van der Waals surface area contributed by atoms with Crippen molar-refractivity contribution in [3.8, 4) is 0 Å². The third-order valence-corrected chi connectivity index (χ3v) is 4.68. The van der Waals surface area contributed by atoms with Gasteiger partial charge in [-0.15, -0.1) is 0 Å². The second kappa shape index (κ2) is 5.35. The van der Waals surface area contributed by atoms with Crippen LogP contribution in [0, 0.1) is 13.7 Å². The molecular formula is C8H4Br2INO3. The molecule has 1 aromatic rings. The van der Waals surface area contributed by atoms with Crippen LogP contribution in [0.1, 0.15) is 10.4 Å². The molecule has 0 aromatic heterocycles. The summed E-state index contributed by atoms with van der Waals surface area (Å²) in [7, 11) is 0. The maximum Gasteiger partial charge on any atom is 0.294 e. The lowest BCUT2D eigenvalue weighted by Gasteiger charge is -2.03. The van der Waals surface area contributed by atoms with Gasteiger partial charge in [0.25, 0.3) is 5.69 Å². The topological polar surface area (TPSA) is 60.2 Å². The molecule has 0 fully saturated rings. The molecule has 80 valence electrons. The Hall–Kier alpha value is -0.0200. The Kier molecular flexibility index (Phi) is 4.65. The summed E-state index contributed by atoms with van der Waals surface area (Å²) in [5, 5.41) is 10.9. The first-order valence-electron chi connectivity index (χ1n) is 3.70. The summed E-state index contributed by atoms with van der Waals surface area (Å²) in [6.07, 6.45) is 0. The van der Waals surface area contributed by atoms with Crippen LogP contribution in [0.5, 0.6) is 0 Å². The van der Waals surface area contributed by atoms with Crippen molar-refractivity contribution in [1.82, 2.24) is 0 Å². The molecule has 0 aliphatic rings. The fourth-order valence-electron chi connectivity index (χ4n) is 1.02. The van der Waals surface area contributed by atoms with Crippen molar-refractivity contribution >= 4 is 65.9 Å². The van der Waals surface area contributed by atoms with E-state index >= 15 is 0 Å². The molecule has 4 nitrogen and oxygen atoms in total. The van der Waals surface area contributed by atoms with Crippen molar-refractivity contribution in [2.45, 2.75) is 0 Å². The number of Topliss-reactive ketones (excluding diaryl/α,β-unsaturated/α-hetero) is 1. The van der Waals surface area contributed by atoms with E-state index < -0.39 is 4.92 Å². The van der Waals surface area contributed by atoms with Gasteiger partial charge in [-0.25, -0.2) is 0 Å². The van der Waals surface area contributed by atoms with Crippen molar-refractivity contribution in [2.75, 3.05) is 5.33 Å². The van der Waals surface area contributed by atoms with Crippen molar-refractivity contribution in [1.29, 1.82) is 0 Å². The van der Waals surface area contributed by atoms with Crippen LogP contribution >= 0.6 is 54.5 Å². The highest BCUT2D eigenvalue weighted by atomic mass is 127. The Labute approximate surface area is 116 Å². The molecule has 0 saturated heterocycles. The molecule has 0 aliphatic carbocycles. The first-order valence-corrected chi connectivity index (χ1v) is 6.70. The van der Waals surface area contributed by atoms with E-state index in [1.807, 2.05) is 22.6 Å². The number of hydrogen-bond donors (Lipinski definition) is 0. The molecule has 7 heteroatoms. The Morgan fingerprint density at radius 2 is 2.13 bits per heavy atom. The van der Waals surface area contributed by atoms with Gasteiger partial charge in [0.1, 0.15) is 3.57 Å². The second-order valence-corrected chi connectivity index (χ2v) is 5.07. The van der Waals surface area contributed by atoms with Gasteiger partial charge >= 0.3 is 0 Å². The van der Waals surface area contributed by atoms with E-state index in [1.165, 1.54) is 6.07 Å². The van der Waals surface area contributed by atoms with E-state index in [1.54, 1.807) is 6.07 Å². The van der Waals surface area contributed by atoms with Crippen LogP contribution in [0.3, 0.4) is 0 Å². The number of halogens is 3. The Morgan fingerprint density at radius 3 is 2.60 bits per heavy atom. The lowest BCUT2D eigenvalue weighted by molar-refractivity contribution is -0.386. The van der Waals surface area contributed by atoms with Crippen molar-refractivity contribution in [3.05, 3.63) is 35.9 Å². The smallest absolute Gasteiger partial charge is 0.293 e. The fourth-order valence-corrected chi connectivity index (χ4v) is 2.30. The summed E-state index contributed by atoms with van der Waals surface area (Å²) >= 11 is 8.02. The maximum absolute atomic E-state index is 11.4. The van der Waals surface area contributed by atoms with Crippen molar-refractivity contribution < 1.29 is 9.72 Å². The van der Waals surface area contributed by atoms with Gasteiger partial charge in [0.05, 0.1) is 15.8 Å². The quantitative estimate of drug-likeness (QED) is 0.234. The Morgan fingerprint density at radius 1 is 1.53 bits per heavy atom. The van der Waals surface area contributed by atoms with Crippen LogP contribution in [-0.4, -0.2) is 16.0 Å². The Bertz CT molecular complexity index is 436. The first kappa shape index (κ1) is 13.0. The molecule has 0 spiro atoms. The fraction of sp³-hybridized carbons (Fsp3) is 0.125. The molecule has 0 atom stereocenters. The van der Waals surface area contributed by atoms with Crippen LogP contribution in [-0.2, 0) is 0 Å². The van der Waals surface area contributed by atoms with E-state index in [0.29, 0.717) is 8.04 Å². The number of ketones is 1. The highest BCUT2D eigenvalue weighted by Crippen LogP contribution is 2.32. The molecular weight excluding hydrogens is 445 g/mol. The monoisotopic (exact) mass is 447 g/mol. The standard InChI is InChI=1S/C8H4Br2INO3/c9-3-6(13)4-1-2-5(10)7(11)8(4)12(14)15/h1-2H,3H2. The van der Waals surface area contributed by atoms with Crippen molar-refractivity contribution in [2.24, 2.45) is 0 Å².